The second-order valence-corrected chi connectivity index (χ2v) is 7.08. The maximum Gasteiger partial charge on any atom is 0.338 e. The van der Waals surface area contributed by atoms with Gasteiger partial charge in [0.1, 0.15) is 13.2 Å². The van der Waals surface area contributed by atoms with Crippen molar-refractivity contribution in [3.8, 4) is 0 Å². The number of carbonyl (C=O) groups is 2. The molecule has 0 aliphatic carbocycles. The fraction of sp³-hybridized carbons (Fsp3) is 0.130. The molecule has 0 fully saturated rings. The van der Waals surface area contributed by atoms with Crippen LogP contribution in [0.1, 0.15) is 37.4 Å². The van der Waals surface area contributed by atoms with Crippen molar-refractivity contribution >= 4 is 23.3 Å². The minimum atomic E-state index is -0.811. The van der Waals surface area contributed by atoms with E-state index in [2.05, 4.69) is 0 Å². The summed E-state index contributed by atoms with van der Waals surface area (Å²) in [4.78, 5) is 45.6. The smallest absolute Gasteiger partial charge is 0.338 e. The minimum Gasteiger partial charge on any atom is -0.457 e. The number of nitrogens with zero attached hydrogens (tertiary/aromatic N) is 2. The van der Waals surface area contributed by atoms with Gasteiger partial charge >= 0.3 is 11.9 Å². The molecule has 174 valence electrons. The van der Waals surface area contributed by atoms with E-state index in [-0.39, 0.29) is 41.3 Å². The highest BCUT2D eigenvalue weighted by Crippen LogP contribution is 2.18. The van der Waals surface area contributed by atoms with E-state index in [1.54, 1.807) is 12.1 Å². The van der Waals surface area contributed by atoms with Gasteiger partial charge in [0.15, 0.2) is 0 Å². The van der Waals surface area contributed by atoms with Gasteiger partial charge in [-0.1, -0.05) is 24.3 Å². The van der Waals surface area contributed by atoms with Gasteiger partial charge in [-0.15, -0.1) is 0 Å². The molecule has 0 aliphatic heterocycles. The molecular weight excluding hydrogens is 448 g/mol. The summed E-state index contributed by atoms with van der Waals surface area (Å²) in [6.07, 6.45) is 0. The average Bonchev–Trinajstić information content (AvgIpc) is 2.85. The van der Waals surface area contributed by atoms with Crippen molar-refractivity contribution in [2.75, 3.05) is 0 Å². The zero-order valence-corrected chi connectivity index (χ0v) is 17.6. The van der Waals surface area contributed by atoms with Gasteiger partial charge in [0, 0.05) is 24.3 Å². The molecule has 0 spiro atoms. The van der Waals surface area contributed by atoms with E-state index in [4.69, 9.17) is 9.47 Å². The van der Waals surface area contributed by atoms with Gasteiger partial charge in [-0.2, -0.15) is 0 Å². The van der Waals surface area contributed by atoms with Crippen LogP contribution >= 0.6 is 0 Å². The van der Waals surface area contributed by atoms with Gasteiger partial charge in [-0.3, -0.25) is 20.2 Å². The van der Waals surface area contributed by atoms with E-state index in [9.17, 15) is 34.9 Å². The van der Waals surface area contributed by atoms with Crippen molar-refractivity contribution in [3.63, 3.8) is 0 Å². The van der Waals surface area contributed by atoms with Crippen LogP contribution in [0.3, 0.4) is 0 Å². The molecule has 0 heterocycles. The molecule has 3 rings (SSSR count). The van der Waals surface area contributed by atoms with Crippen LogP contribution in [0.2, 0.25) is 0 Å². The number of carbonyl (C=O) groups excluding carboxylic acids is 2. The number of nitro benzene ring substituents is 2. The van der Waals surface area contributed by atoms with E-state index in [0.29, 0.717) is 11.1 Å². The lowest BCUT2D eigenvalue weighted by Crippen LogP contribution is -2.11. The Morgan fingerprint density at radius 1 is 0.706 bits per heavy atom. The Morgan fingerprint density at radius 3 is 1.53 bits per heavy atom. The molecule has 0 unspecified atom stereocenters. The van der Waals surface area contributed by atoms with E-state index in [1.807, 2.05) is 0 Å². The Balaban J connectivity index is 1.70. The standard InChI is InChI=1S/C23H18N2O9/c26-12-17-7-18(22(27)33-13-15-3-1-5-20(9-15)24(29)30)11-19(8-17)23(28)34-14-16-4-2-6-21(10-16)25(31)32/h1-11,26H,12-14H2. The lowest BCUT2D eigenvalue weighted by molar-refractivity contribution is -0.385. The van der Waals surface area contributed by atoms with Crippen molar-refractivity contribution in [1.82, 2.24) is 0 Å². The Morgan fingerprint density at radius 2 is 1.15 bits per heavy atom. The number of esters is 2. The first-order chi connectivity index (χ1) is 16.3. The first-order valence-electron chi connectivity index (χ1n) is 9.82. The Labute approximate surface area is 192 Å². The third kappa shape index (κ3) is 6.20. The van der Waals surface area contributed by atoms with Crippen LogP contribution in [0.15, 0.2) is 66.7 Å². The van der Waals surface area contributed by atoms with Gasteiger partial charge in [0.05, 0.1) is 27.6 Å². The average molecular weight is 466 g/mol. The molecule has 0 saturated heterocycles. The fourth-order valence-electron chi connectivity index (χ4n) is 3.00. The normalized spacial score (nSPS) is 10.4. The summed E-state index contributed by atoms with van der Waals surface area (Å²) < 4.78 is 10.4. The van der Waals surface area contributed by atoms with Crippen LogP contribution in [-0.2, 0) is 29.3 Å². The molecule has 0 aromatic heterocycles. The summed E-state index contributed by atoms with van der Waals surface area (Å²) in [7, 11) is 0. The molecule has 0 bridgehead atoms. The molecule has 0 radical (unpaired) electrons. The minimum absolute atomic E-state index is 0.0284. The van der Waals surface area contributed by atoms with Gasteiger partial charge < -0.3 is 14.6 Å². The van der Waals surface area contributed by atoms with Crippen molar-refractivity contribution < 1.29 is 34.0 Å². The molecule has 0 saturated carbocycles. The summed E-state index contributed by atoms with van der Waals surface area (Å²) in [5.74, 6) is -1.62. The molecule has 34 heavy (non-hydrogen) atoms. The number of hydrogen-bond acceptors (Lipinski definition) is 9. The topological polar surface area (TPSA) is 159 Å². The van der Waals surface area contributed by atoms with Crippen LogP contribution in [-0.4, -0.2) is 26.9 Å². The van der Waals surface area contributed by atoms with Gasteiger partial charge in [-0.25, -0.2) is 9.59 Å². The Kier molecular flexibility index (Phi) is 7.62. The van der Waals surface area contributed by atoms with E-state index in [0.717, 1.165) is 0 Å². The number of hydrogen-bond donors (Lipinski definition) is 1. The quantitative estimate of drug-likeness (QED) is 0.282. The van der Waals surface area contributed by atoms with Crippen molar-refractivity contribution in [2.24, 2.45) is 0 Å². The fourth-order valence-corrected chi connectivity index (χ4v) is 3.00. The Hall–Kier alpha value is -4.64. The highest BCUT2D eigenvalue weighted by atomic mass is 16.6. The maximum atomic E-state index is 12.5. The number of aliphatic hydroxyl groups is 1. The molecule has 0 amide bonds. The molecule has 3 aromatic carbocycles. The van der Waals surface area contributed by atoms with E-state index < -0.39 is 28.4 Å². The van der Waals surface area contributed by atoms with Crippen LogP contribution in [0, 0.1) is 20.2 Å². The van der Waals surface area contributed by atoms with Crippen molar-refractivity contribution in [1.29, 1.82) is 0 Å². The SMILES string of the molecule is O=C(OCc1cccc([N+](=O)[O-])c1)c1cc(CO)cc(C(=O)OCc2cccc([N+](=O)[O-])c2)c1. The number of benzene rings is 3. The zero-order chi connectivity index (χ0) is 24.7. The predicted molar refractivity (Wildman–Crippen MR) is 117 cm³/mol. The van der Waals surface area contributed by atoms with Crippen LogP contribution in [0.25, 0.3) is 0 Å². The second kappa shape index (κ2) is 10.8. The van der Waals surface area contributed by atoms with Crippen LogP contribution in [0.4, 0.5) is 11.4 Å². The first kappa shape index (κ1) is 24.0. The highest BCUT2D eigenvalue weighted by molar-refractivity contribution is 5.95. The number of ether oxygens (including phenoxy) is 2. The molecule has 3 aromatic rings. The summed E-state index contributed by atoms with van der Waals surface area (Å²) in [6.45, 7) is -0.940. The van der Waals surface area contributed by atoms with Crippen LogP contribution < -0.4 is 0 Å². The maximum absolute atomic E-state index is 12.5. The number of non-ortho nitro benzene ring substituents is 2. The van der Waals surface area contributed by atoms with Gasteiger partial charge in [0.25, 0.3) is 11.4 Å². The number of aliphatic hydroxyl groups excluding tert-OH is 1. The molecule has 0 aliphatic rings. The molecular formula is C23H18N2O9. The molecule has 11 nitrogen and oxygen atoms in total. The monoisotopic (exact) mass is 466 g/mol. The largest absolute Gasteiger partial charge is 0.457 e. The van der Waals surface area contributed by atoms with Crippen LogP contribution in [0.5, 0.6) is 0 Å². The van der Waals surface area contributed by atoms with Gasteiger partial charge in [-0.05, 0) is 34.9 Å². The summed E-state index contributed by atoms with van der Waals surface area (Å²) in [5, 5.41) is 31.2. The zero-order valence-electron chi connectivity index (χ0n) is 17.6. The highest BCUT2D eigenvalue weighted by Gasteiger charge is 2.16. The third-order valence-corrected chi connectivity index (χ3v) is 4.63. The van der Waals surface area contributed by atoms with Gasteiger partial charge in [0.2, 0.25) is 0 Å². The van der Waals surface area contributed by atoms with Crippen molar-refractivity contribution in [3.05, 3.63) is 115 Å². The lowest BCUT2D eigenvalue weighted by Gasteiger charge is -2.10. The predicted octanol–water partition coefficient (Wildman–Crippen LogP) is 3.71. The summed E-state index contributed by atoms with van der Waals surface area (Å²) in [5.41, 5.74) is 0.703. The van der Waals surface area contributed by atoms with E-state index in [1.165, 1.54) is 54.6 Å². The van der Waals surface area contributed by atoms with Crippen molar-refractivity contribution in [2.45, 2.75) is 19.8 Å². The second-order valence-electron chi connectivity index (χ2n) is 7.08. The number of nitro groups is 2. The summed E-state index contributed by atoms with van der Waals surface area (Å²) >= 11 is 0. The third-order valence-electron chi connectivity index (χ3n) is 4.63. The Bertz CT molecular complexity index is 1160. The molecule has 11 heteroatoms. The molecule has 0 atom stereocenters. The van der Waals surface area contributed by atoms with E-state index >= 15 is 0 Å². The lowest BCUT2D eigenvalue weighted by atomic mass is 10.1. The molecule has 1 N–H and O–H groups in total. The number of rotatable bonds is 9. The first-order valence-corrected chi connectivity index (χ1v) is 9.82. The summed E-state index contributed by atoms with van der Waals surface area (Å²) in [6, 6.07) is 15.1.